The van der Waals surface area contributed by atoms with Crippen LogP contribution in [0.4, 0.5) is 8.78 Å². The third-order valence-corrected chi connectivity index (χ3v) is 9.95. The summed E-state index contributed by atoms with van der Waals surface area (Å²) in [7, 11) is 0. The van der Waals surface area contributed by atoms with E-state index in [-0.39, 0.29) is 0 Å². The number of rotatable bonds is 2. The molecule has 5 rings (SSSR count). The summed E-state index contributed by atoms with van der Waals surface area (Å²) in [6, 6.07) is 15.5. The van der Waals surface area contributed by atoms with Crippen molar-refractivity contribution in [3.63, 3.8) is 0 Å². The van der Waals surface area contributed by atoms with Gasteiger partial charge in [-0.1, -0.05) is 24.3 Å². The van der Waals surface area contributed by atoms with Gasteiger partial charge in [-0.15, -0.1) is 48.8 Å². The lowest BCUT2D eigenvalue weighted by molar-refractivity contribution is 0.477. The Morgan fingerprint density at radius 2 is 1.10 bits per heavy atom. The van der Waals surface area contributed by atoms with E-state index in [0.717, 1.165) is 30.7 Å². The van der Waals surface area contributed by atoms with Crippen LogP contribution in [-0.2, 0) is 0 Å². The Hall–Kier alpha value is -1.34. The van der Waals surface area contributed by atoms with Gasteiger partial charge in [-0.3, -0.25) is 0 Å². The first-order valence-corrected chi connectivity index (χ1v) is 12.0. The lowest BCUT2D eigenvalue weighted by Crippen LogP contribution is -2.47. The fourth-order valence-electron chi connectivity index (χ4n) is 4.24. The molecule has 0 amide bonds. The van der Waals surface area contributed by atoms with Crippen molar-refractivity contribution in [2.24, 2.45) is 0 Å². The Bertz CT molecular complexity index is 1130. The molecule has 0 spiro atoms. The van der Waals surface area contributed by atoms with E-state index >= 15 is 8.78 Å². The quantitative estimate of drug-likeness (QED) is 0.424. The van der Waals surface area contributed by atoms with E-state index in [0.29, 0.717) is 11.1 Å². The minimum absolute atomic E-state index is 0.418. The van der Waals surface area contributed by atoms with Crippen molar-refractivity contribution in [3.05, 3.63) is 94.6 Å². The van der Waals surface area contributed by atoms with E-state index in [9.17, 15) is 0 Å². The average Bonchev–Trinajstić information content (AvgIpc) is 3.27. The molecule has 2 aliphatic heterocycles. The molecular formula is C24H18F2S4. The number of allylic oxidation sites excluding steroid dienone is 4. The van der Waals surface area contributed by atoms with Crippen LogP contribution in [0.5, 0.6) is 0 Å². The predicted octanol–water partition coefficient (Wildman–Crippen LogP) is 8.12. The molecule has 1 aliphatic carbocycles. The summed E-state index contributed by atoms with van der Waals surface area (Å²) in [5, 5.41) is 0. The zero-order chi connectivity index (χ0) is 21.3. The first kappa shape index (κ1) is 20.6. The number of halogens is 2. The Labute approximate surface area is 194 Å². The van der Waals surface area contributed by atoms with Gasteiger partial charge in [0, 0.05) is 30.7 Å². The van der Waals surface area contributed by atoms with E-state index in [1.54, 1.807) is 35.7 Å². The van der Waals surface area contributed by atoms with Gasteiger partial charge in [0.25, 0.3) is 0 Å². The van der Waals surface area contributed by atoms with Gasteiger partial charge in [0.2, 0.25) is 0 Å². The van der Waals surface area contributed by atoms with E-state index in [4.69, 9.17) is 0 Å². The second-order valence-corrected chi connectivity index (χ2v) is 11.8. The van der Waals surface area contributed by atoms with Crippen molar-refractivity contribution in [3.8, 4) is 0 Å². The number of thioether (sulfide) groups is 2. The summed E-state index contributed by atoms with van der Waals surface area (Å²) < 4.78 is 29.2. The molecule has 0 N–H and O–H groups in total. The number of fused-ring (bicyclic) bond motifs is 3. The van der Waals surface area contributed by atoms with Crippen molar-refractivity contribution in [1.82, 2.24) is 0 Å². The highest BCUT2D eigenvalue weighted by atomic mass is 32.2. The van der Waals surface area contributed by atoms with Crippen LogP contribution in [0.2, 0.25) is 0 Å². The highest BCUT2D eigenvalue weighted by Gasteiger charge is 2.60. The van der Waals surface area contributed by atoms with E-state index in [2.05, 4.69) is 25.3 Å². The van der Waals surface area contributed by atoms with Crippen molar-refractivity contribution in [1.29, 1.82) is 0 Å². The maximum Gasteiger partial charge on any atom is 0.163 e. The molecule has 2 atom stereocenters. The summed E-state index contributed by atoms with van der Waals surface area (Å²) in [5.74, 6) is -1.51. The van der Waals surface area contributed by atoms with Gasteiger partial charge in [-0.2, -0.15) is 0 Å². The molecule has 0 bridgehead atoms. The zero-order valence-corrected chi connectivity index (χ0v) is 19.7. The second-order valence-electron chi connectivity index (χ2n) is 7.84. The standard InChI is InChI=1S/C24H18F2S4/c1-23-17(11-19(29-23)13-5-3-7-15(27)9-13)21(25)22(26)18-12-20(30-24(18,23)2)14-6-4-8-16(28)10-14/h3-12,27-28H,1-2H3. The maximum absolute atomic E-state index is 15.3. The number of hydrogen-bond donors (Lipinski definition) is 2. The van der Waals surface area contributed by atoms with Gasteiger partial charge in [0.1, 0.15) is 0 Å². The summed E-state index contributed by atoms with van der Waals surface area (Å²) in [6.45, 7) is 4.04. The fourth-order valence-corrected chi connectivity index (χ4v) is 7.79. The molecule has 0 fully saturated rings. The molecule has 0 radical (unpaired) electrons. The average molecular weight is 473 g/mol. The summed E-state index contributed by atoms with van der Waals surface area (Å²) in [4.78, 5) is 3.54. The molecule has 0 aromatic heterocycles. The molecule has 2 heterocycles. The molecule has 2 aromatic rings. The van der Waals surface area contributed by atoms with Crippen LogP contribution in [-0.4, -0.2) is 9.49 Å². The van der Waals surface area contributed by atoms with Gasteiger partial charge in [-0.25, -0.2) is 8.78 Å². The predicted molar refractivity (Wildman–Crippen MR) is 132 cm³/mol. The smallest absolute Gasteiger partial charge is 0.163 e. The number of benzene rings is 2. The Morgan fingerprint density at radius 3 is 1.47 bits per heavy atom. The van der Waals surface area contributed by atoms with Crippen molar-refractivity contribution >= 4 is 58.6 Å². The van der Waals surface area contributed by atoms with Crippen molar-refractivity contribution in [2.45, 2.75) is 33.1 Å². The third-order valence-electron chi connectivity index (χ3n) is 6.04. The first-order chi connectivity index (χ1) is 14.2. The van der Waals surface area contributed by atoms with Crippen molar-refractivity contribution in [2.75, 3.05) is 0 Å². The van der Waals surface area contributed by atoms with Gasteiger partial charge in [-0.05, 0) is 61.4 Å². The molecule has 2 aromatic carbocycles. The van der Waals surface area contributed by atoms with Crippen LogP contribution in [0, 0.1) is 0 Å². The van der Waals surface area contributed by atoms with Crippen LogP contribution < -0.4 is 0 Å². The molecule has 2 unspecified atom stereocenters. The molecule has 0 nitrogen and oxygen atoms in total. The van der Waals surface area contributed by atoms with Crippen LogP contribution in [0.3, 0.4) is 0 Å². The molecular weight excluding hydrogens is 455 g/mol. The minimum Gasteiger partial charge on any atom is -0.203 e. The maximum atomic E-state index is 15.3. The van der Waals surface area contributed by atoms with Crippen LogP contribution >= 0.6 is 48.8 Å². The number of thiol groups is 2. The normalized spacial score (nSPS) is 27.8. The SMILES string of the molecule is CC12SC(c3cccc(S)c3)=CC1=C(F)C(F)=C1C=C(c3cccc(S)c3)SC12C. The lowest BCUT2D eigenvalue weighted by atomic mass is 9.76. The summed E-state index contributed by atoms with van der Waals surface area (Å²) in [6.07, 6.45) is 3.61. The monoisotopic (exact) mass is 472 g/mol. The van der Waals surface area contributed by atoms with Gasteiger partial charge >= 0.3 is 0 Å². The van der Waals surface area contributed by atoms with Gasteiger partial charge in [0.15, 0.2) is 11.7 Å². The van der Waals surface area contributed by atoms with Crippen molar-refractivity contribution < 1.29 is 8.78 Å². The number of hydrogen-bond acceptors (Lipinski definition) is 4. The largest absolute Gasteiger partial charge is 0.203 e. The molecule has 0 saturated heterocycles. The van der Waals surface area contributed by atoms with Gasteiger partial charge < -0.3 is 0 Å². The van der Waals surface area contributed by atoms with Crippen LogP contribution in [0.1, 0.15) is 25.0 Å². The van der Waals surface area contributed by atoms with E-state index in [1.807, 2.05) is 62.4 Å². The molecule has 30 heavy (non-hydrogen) atoms. The fraction of sp³-hybridized carbons (Fsp3) is 0.167. The summed E-state index contributed by atoms with van der Waals surface area (Å²) >= 11 is 12.1. The first-order valence-electron chi connectivity index (χ1n) is 9.44. The minimum atomic E-state index is -0.754. The molecule has 152 valence electrons. The Kier molecular flexibility index (Phi) is 4.86. The third kappa shape index (κ3) is 2.91. The lowest BCUT2D eigenvalue weighted by Gasteiger charge is -2.45. The topological polar surface area (TPSA) is 0 Å². The second kappa shape index (κ2) is 7.09. The van der Waals surface area contributed by atoms with E-state index in [1.165, 1.54) is 0 Å². The van der Waals surface area contributed by atoms with Crippen LogP contribution in [0.15, 0.2) is 93.3 Å². The Balaban J connectivity index is 1.62. The summed E-state index contributed by atoms with van der Waals surface area (Å²) in [5.41, 5.74) is 2.77. The molecule has 0 saturated carbocycles. The highest BCUT2D eigenvalue weighted by Crippen LogP contribution is 2.69. The van der Waals surface area contributed by atoms with E-state index < -0.39 is 21.1 Å². The zero-order valence-electron chi connectivity index (χ0n) is 16.2. The Morgan fingerprint density at radius 1 is 0.700 bits per heavy atom. The molecule has 6 heteroatoms. The highest BCUT2D eigenvalue weighted by molar-refractivity contribution is 8.14. The van der Waals surface area contributed by atoms with Crippen LogP contribution in [0.25, 0.3) is 9.81 Å². The molecule has 3 aliphatic rings. The van der Waals surface area contributed by atoms with Gasteiger partial charge in [0.05, 0.1) is 9.49 Å².